The summed E-state index contributed by atoms with van der Waals surface area (Å²) in [6.07, 6.45) is 12.4. The number of fused-ring (bicyclic) bond motifs is 2. The lowest BCUT2D eigenvalue weighted by Gasteiger charge is -2.43. The highest BCUT2D eigenvalue weighted by molar-refractivity contribution is 8.00. The standard InChI is InChI=1S/C21H27NO2S/c1-16(15-24-21-12-6-7-13-23-21)14-22-17-8-2-4-10-19(17)25-20-11-5-3-9-18(20)22/h2-5,8-11,16-17,19,21H,6-7,12-15H2,1H3/t16-,17?,19?,21?/m0/s1. The summed E-state index contributed by atoms with van der Waals surface area (Å²) in [6, 6.07) is 9.21. The number of nitrogens with zero attached hydrogens (tertiary/aromatic N) is 1. The zero-order valence-electron chi connectivity index (χ0n) is 14.8. The molecule has 3 unspecified atom stereocenters. The summed E-state index contributed by atoms with van der Waals surface area (Å²) in [6.45, 7) is 4.89. The Morgan fingerprint density at radius 1 is 1.24 bits per heavy atom. The maximum Gasteiger partial charge on any atom is 0.157 e. The molecule has 0 aromatic heterocycles. The molecule has 1 aromatic rings. The third kappa shape index (κ3) is 3.97. The van der Waals surface area contributed by atoms with Gasteiger partial charge in [-0.3, -0.25) is 0 Å². The summed E-state index contributed by atoms with van der Waals surface area (Å²) in [7, 11) is 0. The Kier molecular flexibility index (Phi) is 5.49. The van der Waals surface area contributed by atoms with E-state index < -0.39 is 0 Å². The zero-order valence-corrected chi connectivity index (χ0v) is 15.7. The van der Waals surface area contributed by atoms with Crippen molar-refractivity contribution in [2.45, 2.75) is 48.7 Å². The fraction of sp³-hybridized carbons (Fsp3) is 0.524. The summed E-state index contributed by atoms with van der Waals surface area (Å²) >= 11 is 1.98. The molecule has 3 aliphatic rings. The molecule has 0 radical (unpaired) electrons. The summed E-state index contributed by atoms with van der Waals surface area (Å²) < 4.78 is 11.7. The van der Waals surface area contributed by atoms with Crippen molar-refractivity contribution >= 4 is 17.4 Å². The highest BCUT2D eigenvalue weighted by atomic mass is 32.2. The summed E-state index contributed by atoms with van der Waals surface area (Å²) in [5.74, 6) is 0.460. The van der Waals surface area contributed by atoms with E-state index >= 15 is 0 Å². The number of anilines is 1. The maximum absolute atomic E-state index is 6.02. The topological polar surface area (TPSA) is 21.7 Å². The number of benzene rings is 1. The van der Waals surface area contributed by atoms with E-state index in [1.165, 1.54) is 23.4 Å². The molecule has 2 heterocycles. The van der Waals surface area contributed by atoms with Gasteiger partial charge in [-0.05, 0) is 37.3 Å². The van der Waals surface area contributed by atoms with Gasteiger partial charge in [-0.15, -0.1) is 11.8 Å². The van der Waals surface area contributed by atoms with Gasteiger partial charge in [-0.25, -0.2) is 0 Å². The number of para-hydroxylation sites is 1. The minimum atomic E-state index is 0.00524. The number of hydrogen-bond donors (Lipinski definition) is 0. The molecule has 25 heavy (non-hydrogen) atoms. The molecule has 1 saturated heterocycles. The molecule has 4 rings (SSSR count). The third-order valence-electron chi connectivity index (χ3n) is 5.07. The number of rotatable bonds is 5. The van der Waals surface area contributed by atoms with Crippen molar-refractivity contribution in [3.05, 3.63) is 48.6 Å². The highest BCUT2D eigenvalue weighted by Crippen LogP contribution is 2.43. The van der Waals surface area contributed by atoms with Crippen LogP contribution in [-0.2, 0) is 9.47 Å². The molecule has 1 fully saturated rings. The van der Waals surface area contributed by atoms with Crippen molar-refractivity contribution in [1.29, 1.82) is 0 Å². The predicted molar refractivity (Wildman–Crippen MR) is 104 cm³/mol. The van der Waals surface area contributed by atoms with E-state index in [-0.39, 0.29) is 6.29 Å². The molecule has 0 amide bonds. The second kappa shape index (κ2) is 7.98. The fourth-order valence-corrected chi connectivity index (χ4v) is 5.09. The second-order valence-corrected chi connectivity index (χ2v) is 8.42. The van der Waals surface area contributed by atoms with Crippen LogP contribution in [-0.4, -0.2) is 37.3 Å². The number of ether oxygens (including phenoxy) is 2. The van der Waals surface area contributed by atoms with Crippen LogP contribution >= 0.6 is 11.8 Å². The molecule has 0 bridgehead atoms. The van der Waals surface area contributed by atoms with Gasteiger partial charge in [0.15, 0.2) is 6.29 Å². The van der Waals surface area contributed by atoms with Crippen LogP contribution < -0.4 is 4.90 Å². The molecule has 1 aliphatic carbocycles. The molecule has 0 spiro atoms. The van der Waals surface area contributed by atoms with Gasteiger partial charge in [0.25, 0.3) is 0 Å². The van der Waals surface area contributed by atoms with Crippen LogP contribution in [0.3, 0.4) is 0 Å². The summed E-state index contributed by atoms with van der Waals surface area (Å²) in [4.78, 5) is 3.94. The van der Waals surface area contributed by atoms with Crippen molar-refractivity contribution in [2.75, 3.05) is 24.7 Å². The van der Waals surface area contributed by atoms with Crippen LogP contribution in [0.5, 0.6) is 0 Å². The first kappa shape index (κ1) is 17.2. The van der Waals surface area contributed by atoms with Gasteiger partial charge >= 0.3 is 0 Å². The van der Waals surface area contributed by atoms with Crippen LogP contribution in [0.15, 0.2) is 53.5 Å². The largest absolute Gasteiger partial charge is 0.362 e. The molecule has 4 atom stereocenters. The monoisotopic (exact) mass is 357 g/mol. The molecule has 3 nitrogen and oxygen atoms in total. The van der Waals surface area contributed by atoms with Crippen LogP contribution in [0.4, 0.5) is 5.69 Å². The average Bonchev–Trinajstić information content (AvgIpc) is 2.67. The first-order valence-electron chi connectivity index (χ1n) is 9.42. The van der Waals surface area contributed by atoms with E-state index in [0.29, 0.717) is 17.2 Å². The lowest BCUT2D eigenvalue weighted by molar-refractivity contribution is -0.167. The molecule has 2 aliphatic heterocycles. The van der Waals surface area contributed by atoms with Crippen LogP contribution in [0.2, 0.25) is 0 Å². The Morgan fingerprint density at radius 2 is 2.12 bits per heavy atom. The Morgan fingerprint density at radius 3 is 3.00 bits per heavy atom. The average molecular weight is 358 g/mol. The molecular weight excluding hydrogens is 330 g/mol. The van der Waals surface area contributed by atoms with Crippen molar-refractivity contribution in [3.8, 4) is 0 Å². The summed E-state index contributed by atoms with van der Waals surface area (Å²) in [5, 5.41) is 0.495. The van der Waals surface area contributed by atoms with Crippen LogP contribution in [0.1, 0.15) is 26.2 Å². The van der Waals surface area contributed by atoms with Gasteiger partial charge < -0.3 is 14.4 Å². The van der Waals surface area contributed by atoms with Crippen LogP contribution in [0, 0.1) is 5.92 Å². The molecule has 1 aromatic carbocycles. The maximum atomic E-state index is 6.02. The van der Waals surface area contributed by atoms with Gasteiger partial charge in [0.1, 0.15) is 0 Å². The normalized spacial score (nSPS) is 29.2. The molecule has 134 valence electrons. The van der Waals surface area contributed by atoms with Gasteiger partial charge in [0.2, 0.25) is 0 Å². The van der Waals surface area contributed by atoms with Crippen molar-refractivity contribution in [1.82, 2.24) is 0 Å². The Labute approximate surface area is 155 Å². The van der Waals surface area contributed by atoms with E-state index in [1.54, 1.807) is 0 Å². The van der Waals surface area contributed by atoms with E-state index in [2.05, 4.69) is 60.4 Å². The predicted octanol–water partition coefficient (Wildman–Crippen LogP) is 4.64. The SMILES string of the molecule is C[C@H](COC1CCCCO1)CN1c2ccccc2SC2C=CC=CC21. The van der Waals surface area contributed by atoms with Crippen LogP contribution in [0.25, 0.3) is 0 Å². The lowest BCUT2D eigenvalue weighted by atomic mass is 10.0. The number of hydrogen-bond acceptors (Lipinski definition) is 4. The van der Waals surface area contributed by atoms with Gasteiger partial charge in [-0.1, -0.05) is 43.4 Å². The number of allylic oxidation sites excluding steroid dienone is 2. The number of thioether (sulfide) groups is 1. The highest BCUT2D eigenvalue weighted by Gasteiger charge is 2.33. The molecule has 4 heteroatoms. The van der Waals surface area contributed by atoms with Gasteiger partial charge in [0, 0.05) is 18.0 Å². The lowest BCUT2D eigenvalue weighted by Crippen LogP contribution is -2.46. The van der Waals surface area contributed by atoms with Crippen molar-refractivity contribution in [3.63, 3.8) is 0 Å². The molecule has 0 N–H and O–H groups in total. The summed E-state index contributed by atoms with van der Waals surface area (Å²) in [5.41, 5.74) is 1.36. The fourth-order valence-electron chi connectivity index (χ4n) is 3.79. The minimum absolute atomic E-state index is 0.00524. The van der Waals surface area contributed by atoms with Crippen molar-refractivity contribution in [2.24, 2.45) is 5.92 Å². The Hall–Kier alpha value is -1.23. The smallest absolute Gasteiger partial charge is 0.157 e. The van der Waals surface area contributed by atoms with E-state index in [4.69, 9.17) is 9.47 Å². The molecule has 0 saturated carbocycles. The van der Waals surface area contributed by atoms with E-state index in [1.807, 2.05) is 11.8 Å². The zero-order chi connectivity index (χ0) is 17.1. The van der Waals surface area contributed by atoms with Gasteiger partial charge in [-0.2, -0.15) is 0 Å². The van der Waals surface area contributed by atoms with Crippen molar-refractivity contribution < 1.29 is 9.47 Å². The Bertz CT molecular complexity index is 639. The van der Waals surface area contributed by atoms with Gasteiger partial charge in [0.05, 0.1) is 23.6 Å². The quantitative estimate of drug-likeness (QED) is 0.765. The first-order valence-corrected chi connectivity index (χ1v) is 10.3. The third-order valence-corrected chi connectivity index (χ3v) is 6.37. The first-order chi connectivity index (χ1) is 12.3. The van der Waals surface area contributed by atoms with E-state index in [0.717, 1.165) is 26.2 Å². The molecular formula is C21H27NO2S. The van der Waals surface area contributed by atoms with E-state index in [9.17, 15) is 0 Å². The second-order valence-electron chi connectivity index (χ2n) is 7.20. The minimum Gasteiger partial charge on any atom is -0.362 e. The Balaban J connectivity index is 1.43.